The predicted octanol–water partition coefficient (Wildman–Crippen LogP) is 3.81. The Morgan fingerprint density at radius 2 is 1.53 bits per heavy atom. The lowest BCUT2D eigenvalue weighted by Gasteiger charge is -2.43. The van der Waals surface area contributed by atoms with Gasteiger partial charge in [-0.15, -0.1) is 0 Å². The summed E-state index contributed by atoms with van der Waals surface area (Å²) in [6.07, 6.45) is 3.86. The molecule has 0 aromatic rings. The van der Waals surface area contributed by atoms with E-state index in [9.17, 15) is 9.59 Å². The quantitative estimate of drug-likeness (QED) is 0.638. The molecule has 3 nitrogen and oxygen atoms in total. The van der Waals surface area contributed by atoms with E-state index in [4.69, 9.17) is 0 Å². The smallest absolute Gasteiger partial charge is 0.223 e. The van der Waals surface area contributed by atoms with Crippen LogP contribution in [0.3, 0.4) is 0 Å². The Hall–Kier alpha value is -0.860. The summed E-state index contributed by atoms with van der Waals surface area (Å²) in [5, 5.41) is 0. The number of carbonyl (C=O) groups excluding carboxylic acids is 2. The molecule has 0 aromatic carbocycles. The molecule has 0 heterocycles. The number of amides is 1. The molecule has 0 aliphatic carbocycles. The van der Waals surface area contributed by atoms with Gasteiger partial charge in [0.2, 0.25) is 5.91 Å². The number of rotatable bonds is 9. The van der Waals surface area contributed by atoms with E-state index in [-0.39, 0.29) is 11.7 Å². The van der Waals surface area contributed by atoms with Crippen molar-refractivity contribution < 1.29 is 9.59 Å². The van der Waals surface area contributed by atoms with E-state index < -0.39 is 5.54 Å². The van der Waals surface area contributed by atoms with Crippen molar-refractivity contribution in [2.45, 2.75) is 79.2 Å². The second-order valence-corrected chi connectivity index (χ2v) is 5.84. The number of carbonyl (C=O) groups is 2. The highest BCUT2D eigenvalue weighted by Crippen LogP contribution is 2.30. The van der Waals surface area contributed by atoms with Gasteiger partial charge in [-0.3, -0.25) is 9.59 Å². The van der Waals surface area contributed by atoms with E-state index in [0.717, 1.165) is 25.7 Å². The number of ketones is 1. The summed E-state index contributed by atoms with van der Waals surface area (Å²) in [7, 11) is 0. The molecule has 0 saturated heterocycles. The van der Waals surface area contributed by atoms with Crippen molar-refractivity contribution in [1.29, 1.82) is 0 Å². The largest absolute Gasteiger partial charge is 0.330 e. The normalized spacial score (nSPS) is 11.7. The van der Waals surface area contributed by atoms with Crippen LogP contribution in [0.2, 0.25) is 0 Å². The molecule has 0 fully saturated rings. The Labute approximate surface area is 118 Å². The highest BCUT2D eigenvalue weighted by atomic mass is 16.2. The SMILES string of the molecule is CCCC(CCC)(C(C)=O)N(CC(C)C)C(=O)CC. The molecule has 112 valence electrons. The number of nitrogens with zero attached hydrogens (tertiary/aromatic N) is 1. The molecule has 0 aliphatic heterocycles. The first-order chi connectivity index (χ1) is 8.85. The molecule has 3 heteroatoms. The van der Waals surface area contributed by atoms with Gasteiger partial charge in [-0.25, -0.2) is 0 Å². The molecule has 0 aliphatic rings. The minimum Gasteiger partial charge on any atom is -0.330 e. The van der Waals surface area contributed by atoms with Crippen LogP contribution >= 0.6 is 0 Å². The van der Waals surface area contributed by atoms with Crippen LogP contribution < -0.4 is 0 Å². The summed E-state index contributed by atoms with van der Waals surface area (Å²) in [4.78, 5) is 26.5. The van der Waals surface area contributed by atoms with Crippen LogP contribution in [-0.4, -0.2) is 28.7 Å². The summed E-state index contributed by atoms with van der Waals surface area (Å²) in [5.41, 5.74) is -0.582. The summed E-state index contributed by atoms with van der Waals surface area (Å²) in [6, 6.07) is 0. The predicted molar refractivity (Wildman–Crippen MR) is 80.1 cm³/mol. The molecule has 0 bridgehead atoms. The summed E-state index contributed by atoms with van der Waals surface area (Å²) >= 11 is 0. The highest BCUT2D eigenvalue weighted by molar-refractivity contribution is 5.91. The molecule has 0 rings (SSSR count). The van der Waals surface area contributed by atoms with Crippen LogP contribution in [0.4, 0.5) is 0 Å². The zero-order chi connectivity index (χ0) is 15.1. The molecule has 0 atom stereocenters. The zero-order valence-corrected chi connectivity index (χ0v) is 13.6. The van der Waals surface area contributed by atoms with Crippen LogP contribution in [0.5, 0.6) is 0 Å². The monoisotopic (exact) mass is 269 g/mol. The molecule has 0 unspecified atom stereocenters. The first-order valence-electron chi connectivity index (χ1n) is 7.67. The van der Waals surface area contributed by atoms with Gasteiger partial charge >= 0.3 is 0 Å². The molecule has 0 saturated carbocycles. The van der Waals surface area contributed by atoms with Crippen molar-refractivity contribution >= 4 is 11.7 Å². The number of hydrogen-bond donors (Lipinski definition) is 0. The van der Waals surface area contributed by atoms with Gasteiger partial charge < -0.3 is 4.90 Å². The average molecular weight is 269 g/mol. The minimum atomic E-state index is -0.582. The van der Waals surface area contributed by atoms with Crippen LogP contribution in [0.1, 0.15) is 73.6 Å². The molecule has 19 heavy (non-hydrogen) atoms. The summed E-state index contributed by atoms with van der Waals surface area (Å²) < 4.78 is 0. The second-order valence-electron chi connectivity index (χ2n) is 5.84. The Kier molecular flexibility index (Phi) is 7.96. The summed E-state index contributed by atoms with van der Waals surface area (Å²) in [5.74, 6) is 0.618. The Bertz CT molecular complexity index is 291. The fraction of sp³-hybridized carbons (Fsp3) is 0.875. The van der Waals surface area contributed by atoms with E-state index in [1.165, 1.54) is 0 Å². The molecule has 1 amide bonds. The van der Waals surface area contributed by atoms with E-state index in [0.29, 0.717) is 18.9 Å². The van der Waals surface area contributed by atoms with Crippen LogP contribution in [-0.2, 0) is 9.59 Å². The first-order valence-corrected chi connectivity index (χ1v) is 7.67. The van der Waals surface area contributed by atoms with Crippen molar-refractivity contribution in [2.24, 2.45) is 5.92 Å². The van der Waals surface area contributed by atoms with Gasteiger partial charge in [-0.05, 0) is 25.7 Å². The average Bonchev–Trinajstić information content (AvgIpc) is 2.34. The standard InChI is InChI=1S/C16H31NO2/c1-7-10-16(11-8-2,14(6)18)17(12-13(4)5)15(19)9-3/h13H,7-12H2,1-6H3. The van der Waals surface area contributed by atoms with Gasteiger partial charge in [0.05, 0.1) is 0 Å². The van der Waals surface area contributed by atoms with Gasteiger partial charge in [-0.2, -0.15) is 0 Å². The van der Waals surface area contributed by atoms with Crippen molar-refractivity contribution in [2.75, 3.05) is 6.54 Å². The molecule has 0 spiro atoms. The molecule has 0 radical (unpaired) electrons. The lowest BCUT2D eigenvalue weighted by Crippen LogP contribution is -2.57. The lowest BCUT2D eigenvalue weighted by molar-refractivity contribution is -0.147. The Balaban J connectivity index is 5.54. The third-order valence-electron chi connectivity index (χ3n) is 3.65. The van der Waals surface area contributed by atoms with Gasteiger partial charge in [-0.1, -0.05) is 47.5 Å². The van der Waals surface area contributed by atoms with Gasteiger partial charge in [0.15, 0.2) is 5.78 Å². The number of hydrogen-bond acceptors (Lipinski definition) is 2. The van der Waals surface area contributed by atoms with Crippen molar-refractivity contribution in [3.63, 3.8) is 0 Å². The highest BCUT2D eigenvalue weighted by Gasteiger charge is 2.41. The third-order valence-corrected chi connectivity index (χ3v) is 3.65. The third kappa shape index (κ3) is 4.63. The summed E-state index contributed by atoms with van der Waals surface area (Å²) in [6.45, 7) is 12.5. The Morgan fingerprint density at radius 3 is 1.79 bits per heavy atom. The maximum atomic E-state index is 12.3. The van der Waals surface area contributed by atoms with Gasteiger partial charge in [0.1, 0.15) is 5.54 Å². The van der Waals surface area contributed by atoms with E-state index in [1.807, 2.05) is 11.8 Å². The van der Waals surface area contributed by atoms with Crippen molar-refractivity contribution in [3.8, 4) is 0 Å². The molecule has 0 N–H and O–H groups in total. The first kappa shape index (κ1) is 18.1. The minimum absolute atomic E-state index is 0.103. The van der Waals surface area contributed by atoms with Crippen LogP contribution in [0.25, 0.3) is 0 Å². The Morgan fingerprint density at radius 1 is 1.05 bits per heavy atom. The van der Waals surface area contributed by atoms with Crippen LogP contribution in [0, 0.1) is 5.92 Å². The molecule has 0 aromatic heterocycles. The zero-order valence-electron chi connectivity index (χ0n) is 13.6. The number of Topliss-reactive ketones (excluding diaryl/α,β-unsaturated/α-hetero) is 1. The van der Waals surface area contributed by atoms with Crippen molar-refractivity contribution in [1.82, 2.24) is 4.90 Å². The van der Waals surface area contributed by atoms with Crippen LogP contribution in [0.15, 0.2) is 0 Å². The van der Waals surface area contributed by atoms with Gasteiger partial charge in [0, 0.05) is 13.0 Å². The maximum absolute atomic E-state index is 12.3. The maximum Gasteiger partial charge on any atom is 0.223 e. The van der Waals surface area contributed by atoms with Gasteiger partial charge in [0.25, 0.3) is 0 Å². The van der Waals surface area contributed by atoms with E-state index in [1.54, 1.807) is 6.92 Å². The fourth-order valence-corrected chi connectivity index (χ4v) is 2.84. The topological polar surface area (TPSA) is 37.4 Å². The fourth-order valence-electron chi connectivity index (χ4n) is 2.84. The van der Waals surface area contributed by atoms with Crippen molar-refractivity contribution in [3.05, 3.63) is 0 Å². The van der Waals surface area contributed by atoms with E-state index in [2.05, 4.69) is 27.7 Å². The molecular formula is C16H31NO2. The lowest BCUT2D eigenvalue weighted by atomic mass is 9.82. The molecular weight excluding hydrogens is 238 g/mol. The van der Waals surface area contributed by atoms with E-state index >= 15 is 0 Å². The second kappa shape index (κ2) is 8.34.